The molecule has 2 aliphatic carbocycles. The van der Waals surface area contributed by atoms with E-state index in [1.807, 2.05) is 34.1 Å². The van der Waals surface area contributed by atoms with E-state index in [4.69, 9.17) is 10.5 Å². The van der Waals surface area contributed by atoms with E-state index in [9.17, 15) is 9.59 Å². The summed E-state index contributed by atoms with van der Waals surface area (Å²) in [4.78, 5) is 29.4. The molecule has 1 aromatic carbocycles. The first-order valence-corrected chi connectivity index (χ1v) is 10.5. The van der Waals surface area contributed by atoms with Crippen LogP contribution in [0.5, 0.6) is 5.75 Å². The zero-order valence-electron chi connectivity index (χ0n) is 17.1. The second-order valence-corrected chi connectivity index (χ2v) is 8.49. The fourth-order valence-corrected chi connectivity index (χ4v) is 5.29. The lowest BCUT2D eigenvalue weighted by Gasteiger charge is -2.38. The van der Waals surface area contributed by atoms with Crippen molar-refractivity contribution in [2.75, 3.05) is 33.3 Å². The minimum Gasteiger partial charge on any atom is -0.497 e. The Hall–Kier alpha value is -1.79. The number of hydrogen-bond donors (Lipinski definition) is 1. The lowest BCUT2D eigenvalue weighted by atomic mass is 9.84. The van der Waals surface area contributed by atoms with E-state index in [-0.39, 0.29) is 36.2 Å². The maximum atomic E-state index is 13.0. The summed E-state index contributed by atoms with van der Waals surface area (Å²) < 4.78 is 5.16. The molecule has 29 heavy (non-hydrogen) atoms. The van der Waals surface area contributed by atoms with Gasteiger partial charge in [-0.15, -0.1) is 12.4 Å². The van der Waals surface area contributed by atoms with Gasteiger partial charge < -0.3 is 20.3 Å². The van der Waals surface area contributed by atoms with Crippen LogP contribution in [0.2, 0.25) is 0 Å². The molecule has 6 nitrogen and oxygen atoms in total. The molecule has 1 heterocycles. The van der Waals surface area contributed by atoms with Crippen molar-refractivity contribution in [3.8, 4) is 5.75 Å². The summed E-state index contributed by atoms with van der Waals surface area (Å²) in [7, 11) is 1.65. The van der Waals surface area contributed by atoms with Crippen LogP contribution in [0.25, 0.3) is 0 Å². The van der Waals surface area contributed by atoms with Crippen molar-refractivity contribution < 1.29 is 14.3 Å². The SMILES string of the molecule is COc1ccc(CCC(=O)N2CCN(C(=O)C3C4CCC(C4)C3N)CC2)cc1.Cl. The maximum absolute atomic E-state index is 13.0. The monoisotopic (exact) mass is 421 g/mol. The minimum absolute atomic E-state index is 0. The van der Waals surface area contributed by atoms with Crippen molar-refractivity contribution in [2.24, 2.45) is 23.5 Å². The molecule has 4 unspecified atom stereocenters. The van der Waals surface area contributed by atoms with Crippen molar-refractivity contribution in [1.29, 1.82) is 0 Å². The van der Waals surface area contributed by atoms with E-state index in [2.05, 4.69) is 0 Å². The van der Waals surface area contributed by atoms with E-state index in [0.717, 1.165) is 30.6 Å². The molecular formula is C22H32ClN3O3. The number of benzene rings is 1. The molecule has 2 amide bonds. The molecule has 160 valence electrons. The zero-order valence-corrected chi connectivity index (χ0v) is 17.9. The molecule has 2 bridgehead atoms. The number of nitrogens with two attached hydrogens (primary N) is 1. The maximum Gasteiger partial charge on any atom is 0.227 e. The Bertz CT molecular complexity index is 717. The number of methoxy groups -OCH3 is 1. The van der Waals surface area contributed by atoms with Crippen LogP contribution in [0.15, 0.2) is 24.3 Å². The van der Waals surface area contributed by atoms with E-state index in [1.54, 1.807) is 7.11 Å². The van der Waals surface area contributed by atoms with Gasteiger partial charge in [0.1, 0.15) is 5.75 Å². The third-order valence-electron chi connectivity index (χ3n) is 7.00. The Kier molecular flexibility index (Phi) is 7.06. The van der Waals surface area contributed by atoms with E-state index >= 15 is 0 Å². The number of nitrogens with zero attached hydrogens (tertiary/aromatic N) is 2. The Labute approximate surface area is 179 Å². The Morgan fingerprint density at radius 1 is 1.03 bits per heavy atom. The molecule has 3 fully saturated rings. The van der Waals surface area contributed by atoms with Gasteiger partial charge in [-0.25, -0.2) is 0 Å². The lowest BCUT2D eigenvalue weighted by molar-refractivity contribution is -0.143. The molecular weight excluding hydrogens is 390 g/mol. The number of piperazine rings is 1. The summed E-state index contributed by atoms with van der Waals surface area (Å²) in [6.07, 6.45) is 4.69. The van der Waals surface area contributed by atoms with Crippen LogP contribution >= 0.6 is 12.4 Å². The number of carbonyl (C=O) groups excluding carboxylic acids is 2. The summed E-state index contributed by atoms with van der Waals surface area (Å²) in [5.74, 6) is 2.25. The Balaban J connectivity index is 0.00000240. The minimum atomic E-state index is 0. The average Bonchev–Trinajstić information content (AvgIpc) is 3.33. The molecule has 1 aliphatic heterocycles. The van der Waals surface area contributed by atoms with Crippen LogP contribution in [0.4, 0.5) is 0 Å². The summed E-state index contributed by atoms with van der Waals surface area (Å²) in [5, 5.41) is 0. The molecule has 2 N–H and O–H groups in total. The molecule has 1 saturated heterocycles. The van der Waals surface area contributed by atoms with E-state index in [1.165, 1.54) is 6.42 Å². The van der Waals surface area contributed by atoms with Crippen LogP contribution in [0.3, 0.4) is 0 Å². The number of carbonyl (C=O) groups is 2. The molecule has 0 aromatic heterocycles. The van der Waals surface area contributed by atoms with Crippen LogP contribution in [0, 0.1) is 17.8 Å². The largest absolute Gasteiger partial charge is 0.497 e. The molecule has 4 atom stereocenters. The van der Waals surface area contributed by atoms with Crippen LogP contribution in [-0.4, -0.2) is 60.9 Å². The topological polar surface area (TPSA) is 75.9 Å². The fraction of sp³-hybridized carbons (Fsp3) is 0.636. The average molecular weight is 422 g/mol. The van der Waals surface area contributed by atoms with Crippen LogP contribution in [-0.2, 0) is 16.0 Å². The first-order chi connectivity index (χ1) is 13.6. The number of hydrogen-bond acceptors (Lipinski definition) is 4. The van der Waals surface area contributed by atoms with Gasteiger partial charge in [-0.2, -0.15) is 0 Å². The third kappa shape index (κ3) is 4.53. The van der Waals surface area contributed by atoms with Gasteiger partial charge in [-0.3, -0.25) is 9.59 Å². The Morgan fingerprint density at radius 2 is 1.66 bits per heavy atom. The van der Waals surface area contributed by atoms with Crippen molar-refractivity contribution >= 4 is 24.2 Å². The first kappa shape index (κ1) is 21.9. The predicted molar refractivity (Wildman–Crippen MR) is 114 cm³/mol. The van der Waals surface area contributed by atoms with Gasteiger partial charge in [0.05, 0.1) is 13.0 Å². The predicted octanol–water partition coefficient (Wildman–Crippen LogP) is 2.09. The first-order valence-electron chi connectivity index (χ1n) is 10.5. The standard InChI is InChI=1S/C22H31N3O3.ClH/c1-28-18-7-2-15(3-8-18)4-9-19(26)24-10-12-25(13-11-24)22(27)20-16-5-6-17(14-16)21(20)23;/h2-3,7-8,16-17,20-21H,4-6,9-14,23H2,1H3;1H. The highest BCUT2D eigenvalue weighted by Crippen LogP contribution is 2.48. The molecule has 2 saturated carbocycles. The molecule has 0 radical (unpaired) electrons. The van der Waals surface area contributed by atoms with Crippen molar-refractivity contribution in [3.05, 3.63) is 29.8 Å². The number of fused-ring (bicyclic) bond motifs is 2. The number of halogens is 1. The van der Waals surface area contributed by atoms with E-state index in [0.29, 0.717) is 44.4 Å². The molecule has 0 spiro atoms. The van der Waals surface area contributed by atoms with Crippen molar-refractivity contribution in [2.45, 2.75) is 38.1 Å². The second-order valence-electron chi connectivity index (χ2n) is 8.49. The van der Waals surface area contributed by atoms with Gasteiger partial charge in [0, 0.05) is 38.6 Å². The number of amides is 2. The fourth-order valence-electron chi connectivity index (χ4n) is 5.29. The highest BCUT2D eigenvalue weighted by Gasteiger charge is 2.50. The van der Waals surface area contributed by atoms with Crippen molar-refractivity contribution in [3.63, 3.8) is 0 Å². The van der Waals surface area contributed by atoms with E-state index < -0.39 is 0 Å². The highest BCUT2D eigenvalue weighted by molar-refractivity contribution is 5.85. The molecule has 4 rings (SSSR count). The van der Waals surface area contributed by atoms with Gasteiger partial charge in [0.25, 0.3) is 0 Å². The summed E-state index contributed by atoms with van der Waals surface area (Å²) in [6, 6.07) is 7.88. The highest BCUT2D eigenvalue weighted by atomic mass is 35.5. The quantitative estimate of drug-likeness (QED) is 0.789. The van der Waals surface area contributed by atoms with Crippen LogP contribution < -0.4 is 10.5 Å². The normalized spacial score (nSPS) is 28.2. The lowest BCUT2D eigenvalue weighted by Crippen LogP contribution is -2.54. The zero-order chi connectivity index (χ0) is 19.7. The number of aryl methyl sites for hydroxylation is 1. The van der Waals surface area contributed by atoms with Gasteiger partial charge in [-0.05, 0) is 55.2 Å². The smallest absolute Gasteiger partial charge is 0.227 e. The third-order valence-corrected chi connectivity index (χ3v) is 7.00. The number of ether oxygens (including phenoxy) is 1. The van der Waals surface area contributed by atoms with Gasteiger partial charge in [-0.1, -0.05) is 12.1 Å². The summed E-state index contributed by atoms with van der Waals surface area (Å²) >= 11 is 0. The van der Waals surface area contributed by atoms with Gasteiger partial charge in [0.15, 0.2) is 0 Å². The second kappa shape index (κ2) is 9.35. The molecule has 3 aliphatic rings. The summed E-state index contributed by atoms with van der Waals surface area (Å²) in [6.45, 7) is 2.52. The molecule has 7 heteroatoms. The van der Waals surface area contributed by atoms with Gasteiger partial charge in [0.2, 0.25) is 11.8 Å². The van der Waals surface area contributed by atoms with Gasteiger partial charge >= 0.3 is 0 Å². The Morgan fingerprint density at radius 3 is 2.24 bits per heavy atom. The molecule has 1 aromatic rings. The number of rotatable bonds is 5. The summed E-state index contributed by atoms with van der Waals surface area (Å²) in [5.41, 5.74) is 7.47. The van der Waals surface area contributed by atoms with Crippen LogP contribution in [0.1, 0.15) is 31.2 Å². The van der Waals surface area contributed by atoms with Crippen molar-refractivity contribution in [1.82, 2.24) is 9.80 Å².